The highest BCUT2D eigenvalue weighted by Crippen LogP contribution is 2.20. The Morgan fingerprint density at radius 3 is 1.80 bits per heavy atom. The van der Waals surface area contributed by atoms with Crippen molar-refractivity contribution in [1.82, 2.24) is 0 Å². The first-order valence-electron chi connectivity index (χ1n) is 8.57. The summed E-state index contributed by atoms with van der Waals surface area (Å²) in [5, 5.41) is 10.0. The molecule has 114 valence electrons. The highest BCUT2D eigenvalue weighted by molar-refractivity contribution is 5.16. The lowest BCUT2D eigenvalue weighted by molar-refractivity contribution is 0.163. The van der Waals surface area contributed by atoms with Crippen LogP contribution in [0.25, 0.3) is 0 Å². The van der Waals surface area contributed by atoms with Gasteiger partial charge in [-0.2, -0.15) is 0 Å². The zero-order valence-electron chi connectivity index (χ0n) is 13.2. The lowest BCUT2D eigenvalue weighted by atomic mass is 10.0. The first-order valence-corrected chi connectivity index (χ1v) is 8.57. The monoisotopic (exact) mass is 276 g/mol. The molecule has 0 aliphatic rings. The Balaban J connectivity index is 1.90. The van der Waals surface area contributed by atoms with Crippen molar-refractivity contribution in [3.63, 3.8) is 0 Å². The quantitative estimate of drug-likeness (QED) is 0.462. The first kappa shape index (κ1) is 17.2. The Bertz CT molecular complexity index is 307. The van der Waals surface area contributed by atoms with Crippen LogP contribution in [0.5, 0.6) is 0 Å². The van der Waals surface area contributed by atoms with Crippen LogP contribution < -0.4 is 0 Å². The molecule has 0 bridgehead atoms. The fourth-order valence-electron chi connectivity index (χ4n) is 2.67. The highest BCUT2D eigenvalue weighted by atomic mass is 16.3. The van der Waals surface area contributed by atoms with Crippen LogP contribution in [0.3, 0.4) is 0 Å². The van der Waals surface area contributed by atoms with E-state index in [0.717, 1.165) is 18.4 Å². The molecule has 0 heterocycles. The van der Waals surface area contributed by atoms with E-state index in [2.05, 4.69) is 6.92 Å². The van der Waals surface area contributed by atoms with Gasteiger partial charge in [-0.25, -0.2) is 0 Å². The van der Waals surface area contributed by atoms with Gasteiger partial charge in [0, 0.05) is 0 Å². The Labute approximate surface area is 125 Å². The van der Waals surface area contributed by atoms with Crippen LogP contribution in [-0.2, 0) is 0 Å². The van der Waals surface area contributed by atoms with Gasteiger partial charge < -0.3 is 5.11 Å². The van der Waals surface area contributed by atoms with E-state index in [1.807, 2.05) is 30.3 Å². The Kier molecular flexibility index (Phi) is 10.3. The zero-order valence-corrected chi connectivity index (χ0v) is 13.2. The van der Waals surface area contributed by atoms with Gasteiger partial charge in [0.15, 0.2) is 0 Å². The molecular formula is C19H32O. The second-order valence-corrected chi connectivity index (χ2v) is 5.90. The summed E-state index contributed by atoms with van der Waals surface area (Å²) in [6.45, 7) is 2.27. The maximum Gasteiger partial charge on any atom is 0.0790 e. The summed E-state index contributed by atoms with van der Waals surface area (Å²) in [4.78, 5) is 0. The Morgan fingerprint density at radius 1 is 0.750 bits per heavy atom. The summed E-state index contributed by atoms with van der Waals surface area (Å²) in [5.41, 5.74) is 1.06. The SMILES string of the molecule is CCCCCCCCCCCC[C@@H](O)c1ccccc1. The van der Waals surface area contributed by atoms with Gasteiger partial charge >= 0.3 is 0 Å². The van der Waals surface area contributed by atoms with Gasteiger partial charge in [-0.05, 0) is 12.0 Å². The minimum Gasteiger partial charge on any atom is -0.388 e. The van der Waals surface area contributed by atoms with E-state index in [1.54, 1.807) is 0 Å². The highest BCUT2D eigenvalue weighted by Gasteiger charge is 2.05. The van der Waals surface area contributed by atoms with Crippen molar-refractivity contribution < 1.29 is 5.11 Å². The summed E-state index contributed by atoms with van der Waals surface area (Å²) >= 11 is 0. The molecule has 1 nitrogen and oxygen atoms in total. The molecule has 1 atom stereocenters. The first-order chi connectivity index (χ1) is 9.84. The lowest BCUT2D eigenvalue weighted by Crippen LogP contribution is -1.96. The van der Waals surface area contributed by atoms with Gasteiger partial charge in [0.2, 0.25) is 0 Å². The van der Waals surface area contributed by atoms with Crippen molar-refractivity contribution in [3.05, 3.63) is 35.9 Å². The molecule has 1 aromatic rings. The average Bonchev–Trinajstić information content (AvgIpc) is 2.50. The third-order valence-electron chi connectivity index (χ3n) is 4.02. The summed E-state index contributed by atoms with van der Waals surface area (Å²) in [7, 11) is 0. The number of benzene rings is 1. The number of hydrogen-bond acceptors (Lipinski definition) is 1. The van der Waals surface area contributed by atoms with E-state index in [4.69, 9.17) is 0 Å². The van der Waals surface area contributed by atoms with Crippen LogP contribution in [0.15, 0.2) is 30.3 Å². The van der Waals surface area contributed by atoms with Crippen LogP contribution in [0, 0.1) is 0 Å². The molecule has 1 aromatic carbocycles. The number of aliphatic hydroxyl groups excluding tert-OH is 1. The molecule has 0 aromatic heterocycles. The van der Waals surface area contributed by atoms with E-state index in [-0.39, 0.29) is 6.10 Å². The minimum atomic E-state index is -0.273. The second kappa shape index (κ2) is 12.0. The van der Waals surface area contributed by atoms with Crippen molar-refractivity contribution in [2.45, 2.75) is 83.7 Å². The number of unbranched alkanes of at least 4 members (excludes halogenated alkanes) is 9. The van der Waals surface area contributed by atoms with Crippen LogP contribution in [0.4, 0.5) is 0 Å². The summed E-state index contributed by atoms with van der Waals surface area (Å²) in [6.07, 6.45) is 14.1. The molecule has 0 aliphatic heterocycles. The number of hydrogen-bond donors (Lipinski definition) is 1. The maximum atomic E-state index is 10.0. The van der Waals surface area contributed by atoms with Gasteiger partial charge in [0.05, 0.1) is 6.10 Å². The van der Waals surface area contributed by atoms with E-state index in [1.165, 1.54) is 57.8 Å². The number of aliphatic hydroxyl groups is 1. The van der Waals surface area contributed by atoms with Crippen molar-refractivity contribution in [2.24, 2.45) is 0 Å². The molecule has 20 heavy (non-hydrogen) atoms. The maximum absolute atomic E-state index is 10.0. The fraction of sp³-hybridized carbons (Fsp3) is 0.684. The molecular weight excluding hydrogens is 244 g/mol. The Hall–Kier alpha value is -0.820. The van der Waals surface area contributed by atoms with Crippen LogP contribution in [0.2, 0.25) is 0 Å². The van der Waals surface area contributed by atoms with Crippen molar-refractivity contribution in [3.8, 4) is 0 Å². The molecule has 1 rings (SSSR count). The van der Waals surface area contributed by atoms with Crippen LogP contribution in [0.1, 0.15) is 89.2 Å². The summed E-state index contributed by atoms with van der Waals surface area (Å²) in [6, 6.07) is 10.0. The lowest BCUT2D eigenvalue weighted by Gasteiger charge is -2.10. The van der Waals surface area contributed by atoms with Gasteiger partial charge in [0.25, 0.3) is 0 Å². The molecule has 0 radical (unpaired) electrons. The zero-order chi connectivity index (χ0) is 14.5. The molecule has 1 heteroatoms. The fourth-order valence-corrected chi connectivity index (χ4v) is 2.67. The van der Waals surface area contributed by atoms with Gasteiger partial charge in [-0.3, -0.25) is 0 Å². The van der Waals surface area contributed by atoms with Crippen molar-refractivity contribution >= 4 is 0 Å². The largest absolute Gasteiger partial charge is 0.388 e. The standard InChI is InChI=1S/C19H32O/c1-2-3-4-5-6-7-8-9-10-14-17-19(20)18-15-12-11-13-16-18/h11-13,15-16,19-20H,2-10,14,17H2,1H3/t19-/m1/s1. The predicted molar refractivity (Wildman–Crippen MR) is 87.9 cm³/mol. The number of rotatable bonds is 12. The van der Waals surface area contributed by atoms with E-state index in [0.29, 0.717) is 0 Å². The smallest absolute Gasteiger partial charge is 0.0790 e. The minimum absolute atomic E-state index is 0.273. The van der Waals surface area contributed by atoms with Gasteiger partial charge in [-0.15, -0.1) is 0 Å². The van der Waals surface area contributed by atoms with E-state index >= 15 is 0 Å². The Morgan fingerprint density at radius 2 is 1.25 bits per heavy atom. The van der Waals surface area contributed by atoms with Crippen molar-refractivity contribution in [2.75, 3.05) is 0 Å². The second-order valence-electron chi connectivity index (χ2n) is 5.90. The molecule has 0 spiro atoms. The molecule has 0 amide bonds. The molecule has 0 unspecified atom stereocenters. The van der Waals surface area contributed by atoms with E-state index < -0.39 is 0 Å². The molecule has 1 N–H and O–H groups in total. The molecule has 0 aliphatic carbocycles. The van der Waals surface area contributed by atoms with Gasteiger partial charge in [-0.1, -0.05) is 101 Å². The third kappa shape index (κ3) is 8.37. The third-order valence-corrected chi connectivity index (χ3v) is 4.02. The summed E-state index contributed by atoms with van der Waals surface area (Å²) < 4.78 is 0. The molecule has 0 saturated heterocycles. The summed E-state index contributed by atoms with van der Waals surface area (Å²) in [5.74, 6) is 0. The van der Waals surface area contributed by atoms with Crippen molar-refractivity contribution in [1.29, 1.82) is 0 Å². The predicted octanol–water partition coefficient (Wildman–Crippen LogP) is 6.03. The van der Waals surface area contributed by atoms with Gasteiger partial charge in [0.1, 0.15) is 0 Å². The normalized spacial score (nSPS) is 12.5. The van der Waals surface area contributed by atoms with Crippen LogP contribution in [-0.4, -0.2) is 5.11 Å². The topological polar surface area (TPSA) is 20.2 Å². The molecule has 0 fully saturated rings. The van der Waals surface area contributed by atoms with E-state index in [9.17, 15) is 5.11 Å². The molecule has 0 saturated carbocycles. The average molecular weight is 276 g/mol. The van der Waals surface area contributed by atoms with Crippen LogP contribution >= 0.6 is 0 Å².